The molecule has 0 saturated carbocycles. The Morgan fingerprint density at radius 3 is 2.15 bits per heavy atom. The highest BCUT2D eigenvalue weighted by molar-refractivity contribution is 6.31. The second kappa shape index (κ2) is 15.5. The highest BCUT2D eigenvalue weighted by Gasteiger charge is 2.20. The molecule has 0 spiro atoms. The fourth-order valence-electron chi connectivity index (χ4n) is 4.09. The molecule has 40 heavy (non-hydrogen) atoms. The maximum atomic E-state index is 10.7. The molecule has 220 valence electrons. The Kier molecular flexibility index (Phi) is 13.1. The van der Waals surface area contributed by atoms with Gasteiger partial charge in [0.05, 0.1) is 17.4 Å². The van der Waals surface area contributed by atoms with Crippen molar-refractivity contribution in [3.63, 3.8) is 0 Å². The molecule has 2 atom stereocenters. The number of nitrogens with zero attached hydrogens (tertiary/aromatic N) is 2. The van der Waals surface area contributed by atoms with Crippen molar-refractivity contribution in [1.29, 1.82) is 0 Å². The van der Waals surface area contributed by atoms with Gasteiger partial charge in [0.15, 0.2) is 0 Å². The maximum Gasteiger partial charge on any atom is 0.120 e. The normalized spacial score (nSPS) is 13.4. The average molecular weight is 571 g/mol. The lowest BCUT2D eigenvalue weighted by Crippen LogP contribution is -2.33. The quantitative estimate of drug-likeness (QED) is 0.226. The number of benzene rings is 2. The third kappa shape index (κ3) is 11.9. The van der Waals surface area contributed by atoms with E-state index in [1.165, 1.54) is 5.56 Å². The van der Waals surface area contributed by atoms with E-state index in [0.717, 1.165) is 30.6 Å². The third-order valence-electron chi connectivity index (χ3n) is 6.40. The summed E-state index contributed by atoms with van der Waals surface area (Å²) in [6.45, 7) is 15.8. The monoisotopic (exact) mass is 570 g/mol. The van der Waals surface area contributed by atoms with Crippen LogP contribution >= 0.6 is 11.6 Å². The number of aromatic nitrogens is 1. The minimum atomic E-state index is -0.969. The van der Waals surface area contributed by atoms with Crippen molar-refractivity contribution in [3.8, 4) is 5.75 Å². The molecule has 1 aromatic heterocycles. The van der Waals surface area contributed by atoms with Gasteiger partial charge in [-0.25, -0.2) is 0 Å². The fraction of sp³-hybridized carbons (Fsp3) is 0.485. The van der Waals surface area contributed by atoms with Crippen molar-refractivity contribution in [2.45, 2.75) is 78.1 Å². The van der Waals surface area contributed by atoms with Gasteiger partial charge in [0, 0.05) is 29.9 Å². The van der Waals surface area contributed by atoms with Gasteiger partial charge >= 0.3 is 0 Å². The van der Waals surface area contributed by atoms with Gasteiger partial charge < -0.3 is 20.1 Å². The summed E-state index contributed by atoms with van der Waals surface area (Å²) in [4.78, 5) is 6.62. The van der Waals surface area contributed by atoms with Crippen LogP contribution in [0.25, 0.3) is 0 Å². The molecule has 1 heterocycles. The molecule has 0 radical (unpaired) electrons. The smallest absolute Gasteiger partial charge is 0.120 e. The lowest BCUT2D eigenvalue weighted by molar-refractivity contribution is 0.0285. The summed E-state index contributed by atoms with van der Waals surface area (Å²) in [6, 6.07) is 19.6. The molecule has 3 rings (SSSR count). The van der Waals surface area contributed by atoms with E-state index in [4.69, 9.17) is 16.3 Å². The number of aliphatic hydroxyl groups is 3. The predicted molar refractivity (Wildman–Crippen MR) is 164 cm³/mol. The SMILES string of the molecule is CCCN(CC(O)c1ccc(C(C)(C)O)nc1)C[C@H](C)c1ccccc1.Cc1ccc(OCC(C)(C)O)cc1Cl. The summed E-state index contributed by atoms with van der Waals surface area (Å²) in [6.07, 6.45) is 2.13. The fourth-order valence-corrected chi connectivity index (χ4v) is 4.26. The summed E-state index contributed by atoms with van der Waals surface area (Å²) in [5.41, 5.74) is 1.94. The van der Waals surface area contributed by atoms with Gasteiger partial charge in [0.25, 0.3) is 0 Å². The number of rotatable bonds is 12. The first-order valence-electron chi connectivity index (χ1n) is 13.9. The third-order valence-corrected chi connectivity index (χ3v) is 6.81. The Bertz CT molecular complexity index is 1140. The largest absolute Gasteiger partial charge is 0.491 e. The summed E-state index contributed by atoms with van der Waals surface area (Å²) in [5.74, 6) is 1.09. The number of aryl methyl sites for hydroxylation is 1. The van der Waals surface area contributed by atoms with E-state index in [9.17, 15) is 15.3 Å². The molecule has 0 bridgehead atoms. The Morgan fingerprint density at radius 1 is 0.950 bits per heavy atom. The van der Waals surface area contributed by atoms with Crippen LogP contribution in [0.1, 0.15) is 82.4 Å². The second-order valence-electron chi connectivity index (χ2n) is 11.6. The van der Waals surface area contributed by atoms with E-state index in [2.05, 4.69) is 48.0 Å². The zero-order valence-electron chi connectivity index (χ0n) is 25.1. The second-order valence-corrected chi connectivity index (χ2v) is 12.0. The first-order valence-corrected chi connectivity index (χ1v) is 14.3. The van der Waals surface area contributed by atoms with E-state index in [1.54, 1.807) is 46.0 Å². The predicted octanol–water partition coefficient (Wildman–Crippen LogP) is 6.66. The molecule has 2 aromatic carbocycles. The van der Waals surface area contributed by atoms with Crippen LogP contribution in [0.3, 0.4) is 0 Å². The van der Waals surface area contributed by atoms with Gasteiger partial charge in [0.1, 0.15) is 18.0 Å². The van der Waals surface area contributed by atoms with E-state index in [-0.39, 0.29) is 6.61 Å². The maximum absolute atomic E-state index is 10.7. The molecule has 0 aliphatic carbocycles. The zero-order chi connectivity index (χ0) is 29.9. The minimum Gasteiger partial charge on any atom is -0.491 e. The van der Waals surface area contributed by atoms with Crippen LogP contribution in [-0.2, 0) is 5.60 Å². The van der Waals surface area contributed by atoms with Crippen molar-refractivity contribution in [1.82, 2.24) is 9.88 Å². The van der Waals surface area contributed by atoms with Gasteiger partial charge in [-0.15, -0.1) is 0 Å². The minimum absolute atomic E-state index is 0.256. The number of aliphatic hydroxyl groups excluding tert-OH is 1. The molecule has 0 fully saturated rings. The van der Waals surface area contributed by atoms with Crippen LogP contribution in [0.4, 0.5) is 0 Å². The molecule has 6 nitrogen and oxygen atoms in total. The van der Waals surface area contributed by atoms with Gasteiger partial charge in [-0.2, -0.15) is 0 Å². The summed E-state index contributed by atoms with van der Waals surface area (Å²) in [7, 11) is 0. The Balaban J connectivity index is 0.000000337. The highest BCUT2D eigenvalue weighted by atomic mass is 35.5. The molecule has 0 amide bonds. The van der Waals surface area contributed by atoms with Crippen LogP contribution in [0.2, 0.25) is 5.02 Å². The standard InChI is InChI=1S/C22H32N2O2.C11H15ClO2/c1-5-13-24(15-17(2)18-9-7-6-8-10-18)16-20(25)19-11-12-21(23-14-19)22(3,4)26;1-8-4-5-9(6-10(8)12)14-7-11(2,3)13/h6-12,14,17,20,25-26H,5,13,15-16H2,1-4H3;4-6,13H,7H2,1-3H3/t17-,20?;/m0./s1. The van der Waals surface area contributed by atoms with E-state index >= 15 is 0 Å². The highest BCUT2D eigenvalue weighted by Crippen LogP contribution is 2.23. The summed E-state index contributed by atoms with van der Waals surface area (Å²) < 4.78 is 5.37. The van der Waals surface area contributed by atoms with Crippen LogP contribution in [-0.4, -0.2) is 57.0 Å². The molecule has 3 N–H and O–H groups in total. The topological polar surface area (TPSA) is 86.1 Å². The zero-order valence-corrected chi connectivity index (χ0v) is 25.8. The molecule has 0 saturated heterocycles. The average Bonchev–Trinajstić information content (AvgIpc) is 2.89. The van der Waals surface area contributed by atoms with Gasteiger partial charge in [-0.3, -0.25) is 9.88 Å². The van der Waals surface area contributed by atoms with E-state index < -0.39 is 17.3 Å². The molecular weight excluding hydrogens is 524 g/mol. The molecule has 1 unspecified atom stereocenters. The van der Waals surface area contributed by atoms with Crippen LogP contribution in [0, 0.1) is 6.92 Å². The molecular formula is C33H47ClN2O4. The van der Waals surface area contributed by atoms with Crippen molar-refractivity contribution in [2.75, 3.05) is 26.2 Å². The van der Waals surface area contributed by atoms with Crippen molar-refractivity contribution in [3.05, 3.63) is 94.3 Å². The van der Waals surface area contributed by atoms with Crippen LogP contribution in [0.15, 0.2) is 66.9 Å². The lowest BCUT2D eigenvalue weighted by Gasteiger charge is -2.28. The number of ether oxygens (including phenoxy) is 1. The molecule has 7 heteroatoms. The molecule has 3 aromatic rings. The van der Waals surface area contributed by atoms with Gasteiger partial charge in [-0.05, 0) is 82.8 Å². The first-order chi connectivity index (χ1) is 18.7. The van der Waals surface area contributed by atoms with Crippen LogP contribution < -0.4 is 4.74 Å². The summed E-state index contributed by atoms with van der Waals surface area (Å²) in [5, 5.41) is 30.8. The molecule has 0 aliphatic heterocycles. The van der Waals surface area contributed by atoms with Crippen molar-refractivity contribution in [2.24, 2.45) is 0 Å². The summed E-state index contributed by atoms with van der Waals surface area (Å²) >= 11 is 5.92. The van der Waals surface area contributed by atoms with Crippen molar-refractivity contribution >= 4 is 11.6 Å². The van der Waals surface area contributed by atoms with Crippen LogP contribution in [0.5, 0.6) is 5.75 Å². The first kappa shape index (κ1) is 33.7. The number of hydrogen-bond donors (Lipinski definition) is 3. The number of halogens is 1. The van der Waals surface area contributed by atoms with Gasteiger partial charge in [0.2, 0.25) is 0 Å². The Labute approximate surface area is 245 Å². The van der Waals surface area contributed by atoms with Gasteiger partial charge in [-0.1, -0.05) is 67.9 Å². The lowest BCUT2D eigenvalue weighted by atomic mass is 10.00. The Morgan fingerprint density at radius 2 is 1.62 bits per heavy atom. The molecule has 0 aliphatic rings. The van der Waals surface area contributed by atoms with E-state index in [1.807, 2.05) is 31.2 Å². The van der Waals surface area contributed by atoms with Crippen molar-refractivity contribution < 1.29 is 20.1 Å². The number of pyridine rings is 1. The Hall–Kier alpha value is -2.48. The number of hydrogen-bond acceptors (Lipinski definition) is 6. The van der Waals surface area contributed by atoms with E-state index in [0.29, 0.717) is 28.9 Å².